The molecule has 2 aliphatic heterocycles. The van der Waals surface area contributed by atoms with Crippen molar-refractivity contribution in [2.45, 2.75) is 51.2 Å². The Hall–Kier alpha value is -4.21. The number of benzene rings is 2. The lowest BCUT2D eigenvalue weighted by atomic mass is 9.74. The Morgan fingerprint density at radius 2 is 1.80 bits per heavy atom. The predicted molar refractivity (Wildman–Crippen MR) is 167 cm³/mol. The number of ether oxygens (including phenoxy) is 2. The van der Waals surface area contributed by atoms with Crippen LogP contribution in [0.5, 0.6) is 0 Å². The van der Waals surface area contributed by atoms with Crippen LogP contribution >= 0.6 is 11.6 Å². The number of allylic oxidation sites excluding steroid dienone is 1. The second-order valence-corrected chi connectivity index (χ2v) is 11.7. The zero-order valence-corrected chi connectivity index (χ0v) is 25.5. The molecule has 1 amide bonds. The van der Waals surface area contributed by atoms with Gasteiger partial charge in [0.05, 0.1) is 24.0 Å². The van der Waals surface area contributed by atoms with E-state index in [4.69, 9.17) is 26.2 Å². The number of esters is 1. The molecule has 0 radical (unpaired) electrons. The van der Waals surface area contributed by atoms with Gasteiger partial charge in [-0.2, -0.15) is 0 Å². The van der Waals surface area contributed by atoms with Gasteiger partial charge in [-0.3, -0.25) is 9.59 Å². The van der Waals surface area contributed by atoms with E-state index >= 15 is 0 Å². The van der Waals surface area contributed by atoms with Crippen molar-refractivity contribution in [1.82, 2.24) is 10.3 Å². The van der Waals surface area contributed by atoms with Gasteiger partial charge in [-0.1, -0.05) is 54.1 Å². The fourth-order valence-corrected chi connectivity index (χ4v) is 5.97. The summed E-state index contributed by atoms with van der Waals surface area (Å²) in [5, 5.41) is 12.2. The highest BCUT2D eigenvalue weighted by molar-refractivity contribution is 6.29. The van der Waals surface area contributed by atoms with Crippen molar-refractivity contribution < 1.29 is 29.0 Å². The summed E-state index contributed by atoms with van der Waals surface area (Å²) in [6.45, 7) is 2.89. The Kier molecular flexibility index (Phi) is 9.97. The summed E-state index contributed by atoms with van der Waals surface area (Å²) >= 11 is 6.06. The van der Waals surface area contributed by atoms with Crippen molar-refractivity contribution in [3.05, 3.63) is 94.4 Å². The summed E-state index contributed by atoms with van der Waals surface area (Å²) < 4.78 is 11.7. The number of nitrogens with one attached hydrogen (secondary N) is 1. The van der Waals surface area contributed by atoms with Crippen molar-refractivity contribution in [1.29, 1.82) is 0 Å². The highest BCUT2D eigenvalue weighted by Crippen LogP contribution is 2.41. The van der Waals surface area contributed by atoms with Gasteiger partial charge < -0.3 is 24.8 Å². The van der Waals surface area contributed by atoms with Gasteiger partial charge in [0.15, 0.2) is 0 Å². The minimum Gasteiger partial charge on any atom is -0.481 e. The molecule has 2 aliphatic rings. The number of pyridine rings is 1. The van der Waals surface area contributed by atoms with E-state index in [1.54, 1.807) is 25.3 Å². The predicted octanol–water partition coefficient (Wildman–Crippen LogP) is 5.73. The molecule has 5 rings (SSSR count). The molecule has 2 N–H and O–H groups in total. The molecule has 10 heteroatoms. The minimum absolute atomic E-state index is 0.0447. The highest BCUT2D eigenvalue weighted by atomic mass is 35.5. The van der Waals surface area contributed by atoms with Gasteiger partial charge in [-0.25, -0.2) is 9.78 Å². The zero-order chi connectivity index (χ0) is 31.2. The number of carbonyl (C=O) groups excluding carboxylic acids is 2. The molecule has 9 nitrogen and oxygen atoms in total. The van der Waals surface area contributed by atoms with Gasteiger partial charge in [0.25, 0.3) is 0 Å². The second kappa shape index (κ2) is 14.1. The quantitative estimate of drug-likeness (QED) is 0.207. The Balaban J connectivity index is 1.28. The van der Waals surface area contributed by atoms with Gasteiger partial charge in [-0.05, 0) is 66.6 Å². The number of carbonyl (C=O) groups is 3. The molecule has 1 saturated heterocycles. The van der Waals surface area contributed by atoms with Crippen molar-refractivity contribution >= 4 is 35.1 Å². The standard InChI is InChI=1S/C34H36ClN3O6/c1-21-31(32(25-11-14-29(35)36-19-25)28(33(41)37-21)18-27-4-3-17-43-27)34(42)44-20-22-5-7-23(8-6-22)24-9-12-26(13-10-24)38(2)16-15-30(39)40/h5-14,19,27-28,32H,3-4,15-18,20H2,1-2H3,(H,37,41)(H,39,40)/t27-,28?,32-/m1/s1. The van der Waals surface area contributed by atoms with E-state index in [-0.39, 0.29) is 25.0 Å². The molecular formula is C34H36ClN3O6. The zero-order valence-electron chi connectivity index (χ0n) is 24.8. The number of halogens is 1. The molecule has 0 spiro atoms. The number of hydrogen-bond donors (Lipinski definition) is 2. The summed E-state index contributed by atoms with van der Waals surface area (Å²) in [5.41, 5.74) is 5.37. The number of aliphatic carboxylic acids is 1. The number of hydrogen-bond acceptors (Lipinski definition) is 7. The molecule has 2 aromatic carbocycles. The maximum atomic E-state index is 13.6. The van der Waals surface area contributed by atoms with Gasteiger partial charge in [-0.15, -0.1) is 0 Å². The molecule has 1 aromatic heterocycles. The van der Waals surface area contributed by atoms with E-state index in [1.807, 2.05) is 60.5 Å². The van der Waals surface area contributed by atoms with E-state index in [0.717, 1.165) is 40.8 Å². The van der Waals surface area contributed by atoms with Crippen LogP contribution in [0.15, 0.2) is 78.1 Å². The first kappa shape index (κ1) is 31.2. The van der Waals surface area contributed by atoms with Crippen molar-refractivity contribution in [3.63, 3.8) is 0 Å². The first-order valence-corrected chi connectivity index (χ1v) is 15.1. The monoisotopic (exact) mass is 617 g/mol. The van der Waals surface area contributed by atoms with Crippen LogP contribution < -0.4 is 10.2 Å². The maximum Gasteiger partial charge on any atom is 0.336 e. The molecule has 0 bridgehead atoms. The molecule has 44 heavy (non-hydrogen) atoms. The lowest BCUT2D eigenvalue weighted by Gasteiger charge is -2.34. The molecule has 3 aromatic rings. The molecule has 1 fully saturated rings. The number of carboxylic acids is 1. The average Bonchev–Trinajstić information content (AvgIpc) is 3.54. The third kappa shape index (κ3) is 7.46. The molecule has 0 saturated carbocycles. The number of nitrogens with zero attached hydrogens (tertiary/aromatic N) is 2. The number of aromatic nitrogens is 1. The lowest BCUT2D eigenvalue weighted by Crippen LogP contribution is -2.43. The van der Waals surface area contributed by atoms with Crippen molar-refractivity contribution in [3.8, 4) is 11.1 Å². The minimum atomic E-state index is -0.825. The van der Waals surface area contributed by atoms with Gasteiger partial charge in [0, 0.05) is 43.7 Å². The van der Waals surface area contributed by atoms with E-state index in [1.165, 1.54) is 0 Å². The van der Waals surface area contributed by atoms with Crippen LogP contribution in [0.25, 0.3) is 11.1 Å². The van der Waals surface area contributed by atoms with Crippen LogP contribution in [-0.2, 0) is 30.5 Å². The lowest BCUT2D eigenvalue weighted by molar-refractivity contribution is -0.141. The van der Waals surface area contributed by atoms with Crippen LogP contribution in [0.3, 0.4) is 0 Å². The van der Waals surface area contributed by atoms with E-state index in [2.05, 4.69) is 10.3 Å². The Morgan fingerprint density at radius 1 is 1.09 bits per heavy atom. The molecule has 3 heterocycles. The number of anilines is 1. The van der Waals surface area contributed by atoms with Gasteiger partial charge >= 0.3 is 11.9 Å². The number of rotatable bonds is 11. The van der Waals surface area contributed by atoms with Gasteiger partial charge in [0.1, 0.15) is 11.8 Å². The van der Waals surface area contributed by atoms with E-state index in [0.29, 0.717) is 36.0 Å². The topological polar surface area (TPSA) is 118 Å². The second-order valence-electron chi connectivity index (χ2n) is 11.3. The van der Waals surface area contributed by atoms with Crippen LogP contribution in [0.1, 0.15) is 49.7 Å². The third-order valence-corrected chi connectivity index (χ3v) is 8.48. The van der Waals surface area contributed by atoms with E-state index in [9.17, 15) is 14.4 Å². The Labute approximate surface area is 261 Å². The molecule has 230 valence electrons. The normalized spacial score (nSPS) is 19.9. The first-order valence-electron chi connectivity index (χ1n) is 14.7. The smallest absolute Gasteiger partial charge is 0.336 e. The van der Waals surface area contributed by atoms with Crippen LogP contribution in [0.2, 0.25) is 5.15 Å². The van der Waals surface area contributed by atoms with Crippen molar-refractivity contribution in [2.24, 2.45) is 5.92 Å². The summed E-state index contributed by atoms with van der Waals surface area (Å²) in [5.74, 6) is -2.53. The summed E-state index contributed by atoms with van der Waals surface area (Å²) in [7, 11) is 1.87. The summed E-state index contributed by atoms with van der Waals surface area (Å²) in [6, 6.07) is 19.2. The van der Waals surface area contributed by atoms with Crippen LogP contribution in [0, 0.1) is 5.92 Å². The molecule has 0 aliphatic carbocycles. The van der Waals surface area contributed by atoms with Crippen LogP contribution in [0.4, 0.5) is 5.69 Å². The first-order chi connectivity index (χ1) is 21.2. The average molecular weight is 618 g/mol. The fourth-order valence-electron chi connectivity index (χ4n) is 5.86. The molecule has 3 atom stereocenters. The maximum absolute atomic E-state index is 13.6. The SMILES string of the molecule is CC1=C(C(=O)OCc2ccc(-c3ccc(N(C)CCC(=O)O)cc3)cc2)[C@H](c2ccc(Cl)nc2)C(C[C@H]2CCCO2)C(=O)N1. The van der Waals surface area contributed by atoms with Crippen LogP contribution in [-0.4, -0.2) is 54.2 Å². The van der Waals surface area contributed by atoms with Crippen molar-refractivity contribution in [2.75, 3.05) is 25.1 Å². The fraction of sp³-hybridized carbons (Fsp3) is 0.353. The summed E-state index contributed by atoms with van der Waals surface area (Å²) in [4.78, 5) is 43.9. The number of amides is 1. The Morgan fingerprint density at radius 3 is 2.41 bits per heavy atom. The van der Waals surface area contributed by atoms with E-state index < -0.39 is 23.8 Å². The molecular weight excluding hydrogens is 582 g/mol. The third-order valence-electron chi connectivity index (χ3n) is 8.26. The van der Waals surface area contributed by atoms with Gasteiger partial charge in [0.2, 0.25) is 5.91 Å². The largest absolute Gasteiger partial charge is 0.481 e. The number of carboxylic acid groups (broad SMARTS) is 1. The molecule has 1 unspecified atom stereocenters. The summed E-state index contributed by atoms with van der Waals surface area (Å²) in [6.07, 6.45) is 3.97. The highest BCUT2D eigenvalue weighted by Gasteiger charge is 2.42. The Bertz CT molecular complexity index is 1520.